The maximum absolute atomic E-state index is 10.5. The third-order valence-electron chi connectivity index (χ3n) is 1.62. The highest BCUT2D eigenvalue weighted by Crippen LogP contribution is 2.21. The van der Waals surface area contributed by atoms with E-state index in [-0.39, 0.29) is 16.8 Å². The van der Waals surface area contributed by atoms with Crippen molar-refractivity contribution in [1.82, 2.24) is 10.2 Å². The summed E-state index contributed by atoms with van der Waals surface area (Å²) in [5.41, 5.74) is 0.627. The number of aromatic nitrogens is 2. The van der Waals surface area contributed by atoms with Crippen molar-refractivity contribution in [1.29, 1.82) is 0 Å². The van der Waals surface area contributed by atoms with E-state index in [1.54, 1.807) is 0 Å². The molecule has 0 aliphatic heterocycles. The van der Waals surface area contributed by atoms with Gasteiger partial charge in [-0.15, -0.1) is 10.2 Å². The Kier molecular flexibility index (Phi) is 2.83. The standard InChI is InChI=1S/C8H9ClN2O2/c1-4(2)5-3-6(8(12)13)10-11-7(5)9/h3-4H,1-2H3,(H,12,13). The van der Waals surface area contributed by atoms with Crippen LogP contribution < -0.4 is 0 Å². The highest BCUT2D eigenvalue weighted by Gasteiger charge is 2.12. The molecule has 70 valence electrons. The zero-order valence-corrected chi connectivity index (χ0v) is 8.04. The molecule has 0 spiro atoms. The van der Waals surface area contributed by atoms with Gasteiger partial charge in [0.25, 0.3) is 0 Å². The molecule has 1 aromatic heterocycles. The van der Waals surface area contributed by atoms with Crippen molar-refractivity contribution >= 4 is 17.6 Å². The average Bonchev–Trinajstić information content (AvgIpc) is 2.04. The number of nitrogens with zero attached hydrogens (tertiary/aromatic N) is 2. The van der Waals surface area contributed by atoms with E-state index in [4.69, 9.17) is 16.7 Å². The van der Waals surface area contributed by atoms with Crippen molar-refractivity contribution in [2.75, 3.05) is 0 Å². The third-order valence-corrected chi connectivity index (χ3v) is 1.91. The van der Waals surface area contributed by atoms with E-state index in [0.29, 0.717) is 5.56 Å². The number of hydrogen-bond acceptors (Lipinski definition) is 3. The quantitative estimate of drug-likeness (QED) is 0.793. The van der Waals surface area contributed by atoms with Crippen LogP contribution in [0.2, 0.25) is 5.15 Å². The first-order valence-corrected chi connectivity index (χ1v) is 4.16. The zero-order chi connectivity index (χ0) is 10.0. The first-order chi connectivity index (χ1) is 6.02. The fourth-order valence-electron chi connectivity index (χ4n) is 0.901. The maximum atomic E-state index is 10.5. The lowest BCUT2D eigenvalue weighted by atomic mass is 10.1. The second-order valence-electron chi connectivity index (χ2n) is 2.94. The molecule has 0 bridgehead atoms. The average molecular weight is 201 g/mol. The van der Waals surface area contributed by atoms with Gasteiger partial charge in [0.2, 0.25) is 0 Å². The maximum Gasteiger partial charge on any atom is 0.356 e. The summed E-state index contributed by atoms with van der Waals surface area (Å²) in [7, 11) is 0. The Morgan fingerprint density at radius 2 is 2.15 bits per heavy atom. The van der Waals surface area contributed by atoms with E-state index >= 15 is 0 Å². The Morgan fingerprint density at radius 1 is 1.54 bits per heavy atom. The van der Waals surface area contributed by atoms with Gasteiger partial charge in [0, 0.05) is 0 Å². The van der Waals surface area contributed by atoms with Gasteiger partial charge in [0.15, 0.2) is 10.8 Å². The second kappa shape index (κ2) is 3.70. The van der Waals surface area contributed by atoms with Crippen LogP contribution in [-0.2, 0) is 0 Å². The van der Waals surface area contributed by atoms with Crippen molar-refractivity contribution < 1.29 is 9.90 Å². The summed E-state index contributed by atoms with van der Waals surface area (Å²) in [5.74, 6) is -0.952. The van der Waals surface area contributed by atoms with Crippen LogP contribution in [-0.4, -0.2) is 21.3 Å². The van der Waals surface area contributed by atoms with Gasteiger partial charge in [-0.3, -0.25) is 0 Å². The van der Waals surface area contributed by atoms with E-state index < -0.39 is 5.97 Å². The molecule has 1 aromatic rings. The second-order valence-corrected chi connectivity index (χ2v) is 3.29. The highest BCUT2D eigenvalue weighted by atomic mass is 35.5. The van der Waals surface area contributed by atoms with Crippen molar-refractivity contribution in [3.63, 3.8) is 0 Å². The molecule has 0 saturated heterocycles. The molecule has 0 saturated carbocycles. The fraction of sp³-hybridized carbons (Fsp3) is 0.375. The summed E-state index contributed by atoms with van der Waals surface area (Å²) in [6.45, 7) is 3.82. The van der Waals surface area contributed by atoms with E-state index in [1.165, 1.54) is 6.07 Å². The number of carboxylic acids is 1. The van der Waals surface area contributed by atoms with E-state index in [9.17, 15) is 4.79 Å². The Morgan fingerprint density at radius 3 is 2.62 bits per heavy atom. The lowest BCUT2D eigenvalue weighted by molar-refractivity contribution is 0.0689. The zero-order valence-electron chi connectivity index (χ0n) is 7.28. The summed E-state index contributed by atoms with van der Waals surface area (Å²) in [6, 6.07) is 1.45. The van der Waals surface area contributed by atoms with Crippen molar-refractivity contribution in [3.8, 4) is 0 Å². The van der Waals surface area contributed by atoms with E-state index in [0.717, 1.165) is 0 Å². The summed E-state index contributed by atoms with van der Waals surface area (Å²) in [4.78, 5) is 10.5. The minimum atomic E-state index is -1.09. The number of rotatable bonds is 2. The van der Waals surface area contributed by atoms with Crippen LogP contribution in [0.4, 0.5) is 0 Å². The molecule has 4 nitrogen and oxygen atoms in total. The van der Waals surface area contributed by atoms with Gasteiger partial charge in [-0.2, -0.15) is 0 Å². The summed E-state index contributed by atoms with van der Waals surface area (Å²) in [5, 5.41) is 15.9. The van der Waals surface area contributed by atoms with Crippen LogP contribution >= 0.6 is 11.6 Å². The Hall–Kier alpha value is -1.16. The molecule has 0 radical (unpaired) electrons. The predicted octanol–water partition coefficient (Wildman–Crippen LogP) is 1.95. The van der Waals surface area contributed by atoms with Crippen molar-refractivity contribution in [3.05, 3.63) is 22.5 Å². The summed E-state index contributed by atoms with van der Waals surface area (Å²) < 4.78 is 0. The topological polar surface area (TPSA) is 63.1 Å². The highest BCUT2D eigenvalue weighted by molar-refractivity contribution is 6.30. The van der Waals surface area contributed by atoms with Gasteiger partial charge in [0.1, 0.15) is 0 Å². The number of aromatic carboxylic acids is 1. The van der Waals surface area contributed by atoms with Crippen molar-refractivity contribution in [2.45, 2.75) is 19.8 Å². The molecule has 1 N–H and O–H groups in total. The minimum Gasteiger partial charge on any atom is -0.476 e. The molecule has 13 heavy (non-hydrogen) atoms. The van der Waals surface area contributed by atoms with Gasteiger partial charge in [-0.25, -0.2) is 4.79 Å². The summed E-state index contributed by atoms with van der Waals surface area (Å²) in [6.07, 6.45) is 0. The van der Waals surface area contributed by atoms with Crippen LogP contribution in [0.1, 0.15) is 35.8 Å². The minimum absolute atomic E-state index is 0.0758. The lowest BCUT2D eigenvalue weighted by Gasteiger charge is -2.06. The molecular formula is C8H9ClN2O2. The van der Waals surface area contributed by atoms with Crippen LogP contribution in [0.3, 0.4) is 0 Å². The molecular weight excluding hydrogens is 192 g/mol. The molecule has 0 aromatic carbocycles. The smallest absolute Gasteiger partial charge is 0.356 e. The lowest BCUT2D eigenvalue weighted by Crippen LogP contribution is -2.05. The normalized spacial score (nSPS) is 10.5. The van der Waals surface area contributed by atoms with Crippen LogP contribution in [0.25, 0.3) is 0 Å². The first kappa shape index (κ1) is 9.92. The molecule has 0 amide bonds. The molecule has 1 rings (SSSR count). The Labute approximate surface area is 80.6 Å². The molecule has 0 atom stereocenters. The number of hydrogen-bond donors (Lipinski definition) is 1. The predicted molar refractivity (Wildman–Crippen MR) is 48.1 cm³/mol. The first-order valence-electron chi connectivity index (χ1n) is 3.78. The molecule has 0 aliphatic carbocycles. The number of carboxylic acid groups (broad SMARTS) is 1. The fourth-order valence-corrected chi connectivity index (χ4v) is 1.21. The van der Waals surface area contributed by atoms with Gasteiger partial charge < -0.3 is 5.11 Å². The van der Waals surface area contributed by atoms with Crippen LogP contribution in [0.5, 0.6) is 0 Å². The van der Waals surface area contributed by atoms with E-state index in [1.807, 2.05) is 13.8 Å². The number of halogens is 1. The molecule has 0 fully saturated rings. The van der Waals surface area contributed by atoms with Crippen molar-refractivity contribution in [2.24, 2.45) is 0 Å². The van der Waals surface area contributed by atoms with Gasteiger partial charge in [0.05, 0.1) is 0 Å². The van der Waals surface area contributed by atoms with E-state index in [2.05, 4.69) is 10.2 Å². The monoisotopic (exact) mass is 200 g/mol. The third kappa shape index (κ3) is 2.15. The van der Waals surface area contributed by atoms with Gasteiger partial charge in [-0.05, 0) is 17.5 Å². The van der Waals surface area contributed by atoms with Crippen LogP contribution in [0.15, 0.2) is 6.07 Å². The molecule has 0 unspecified atom stereocenters. The van der Waals surface area contributed by atoms with Crippen LogP contribution in [0, 0.1) is 0 Å². The Bertz CT molecular complexity index is 339. The van der Waals surface area contributed by atoms with Gasteiger partial charge in [-0.1, -0.05) is 25.4 Å². The Balaban J connectivity index is 3.19. The molecule has 0 aliphatic rings. The molecule has 5 heteroatoms. The van der Waals surface area contributed by atoms with Gasteiger partial charge >= 0.3 is 5.97 Å². The SMILES string of the molecule is CC(C)c1cc(C(=O)O)nnc1Cl. The largest absolute Gasteiger partial charge is 0.476 e. The number of carbonyl (C=O) groups is 1. The summed E-state index contributed by atoms with van der Waals surface area (Å²) >= 11 is 5.73. The molecule has 1 heterocycles.